The number of alkyl carbamates (subject to hydrolysis) is 1. The van der Waals surface area contributed by atoms with Crippen LogP contribution < -0.4 is 10.6 Å². The summed E-state index contributed by atoms with van der Waals surface area (Å²) < 4.78 is 10.8. The summed E-state index contributed by atoms with van der Waals surface area (Å²) in [6.45, 7) is 11.6. The van der Waals surface area contributed by atoms with Crippen LogP contribution in [0.25, 0.3) is 0 Å². The Morgan fingerprint density at radius 2 is 1.70 bits per heavy atom. The molecule has 0 aromatic rings. The summed E-state index contributed by atoms with van der Waals surface area (Å²) in [7, 11) is 0. The number of hydrogen-bond donors (Lipinski definition) is 2. The average molecular weight is 328 g/mol. The summed E-state index contributed by atoms with van der Waals surface area (Å²) in [5, 5.41) is 5.96. The predicted molar refractivity (Wildman–Crippen MR) is 89.2 cm³/mol. The van der Waals surface area contributed by atoms with Crippen LogP contribution in [0.3, 0.4) is 0 Å². The Morgan fingerprint density at radius 1 is 1.09 bits per heavy atom. The number of hydrogen-bond acceptors (Lipinski definition) is 5. The van der Waals surface area contributed by atoms with Crippen molar-refractivity contribution in [3.05, 3.63) is 0 Å². The van der Waals surface area contributed by atoms with Gasteiger partial charge in [0.1, 0.15) is 11.2 Å². The molecule has 0 unspecified atom stereocenters. The van der Waals surface area contributed by atoms with Gasteiger partial charge in [-0.1, -0.05) is 0 Å². The van der Waals surface area contributed by atoms with Gasteiger partial charge in [-0.2, -0.15) is 0 Å². The first-order chi connectivity index (χ1) is 10.6. The molecule has 1 amide bonds. The highest BCUT2D eigenvalue weighted by Crippen LogP contribution is 2.22. The molecule has 1 fully saturated rings. The Hall–Kier alpha value is -1.30. The molecule has 0 aliphatic carbocycles. The van der Waals surface area contributed by atoms with E-state index in [1.54, 1.807) is 0 Å². The molecule has 1 saturated heterocycles. The fourth-order valence-corrected chi connectivity index (χ4v) is 2.48. The van der Waals surface area contributed by atoms with Gasteiger partial charge in [-0.15, -0.1) is 0 Å². The molecule has 0 atom stereocenters. The molecule has 6 heteroatoms. The van der Waals surface area contributed by atoms with Crippen molar-refractivity contribution < 1.29 is 19.1 Å². The Morgan fingerprint density at radius 3 is 2.26 bits per heavy atom. The first kappa shape index (κ1) is 19.7. The number of ether oxygens (including phenoxy) is 2. The number of piperidine rings is 1. The lowest BCUT2D eigenvalue weighted by atomic mass is 9.97. The van der Waals surface area contributed by atoms with E-state index in [0.717, 1.165) is 32.4 Å². The summed E-state index contributed by atoms with van der Waals surface area (Å²) in [4.78, 5) is 23.7. The molecule has 0 aromatic carbocycles. The molecule has 0 aromatic heterocycles. The maximum Gasteiger partial charge on any atom is 0.407 e. The van der Waals surface area contributed by atoms with E-state index in [1.807, 2.05) is 34.6 Å². The minimum atomic E-state index is -0.516. The summed E-state index contributed by atoms with van der Waals surface area (Å²) in [5.41, 5.74) is -1.01. The minimum Gasteiger partial charge on any atom is -0.459 e. The third-order valence-electron chi connectivity index (χ3n) is 3.67. The fraction of sp³-hybridized carbons (Fsp3) is 0.882. The van der Waals surface area contributed by atoms with E-state index >= 15 is 0 Å². The van der Waals surface area contributed by atoms with E-state index in [-0.39, 0.29) is 11.9 Å². The van der Waals surface area contributed by atoms with Crippen LogP contribution in [0.5, 0.6) is 0 Å². The lowest BCUT2D eigenvalue weighted by molar-refractivity contribution is -0.163. The Labute approximate surface area is 139 Å². The van der Waals surface area contributed by atoms with Crippen LogP contribution >= 0.6 is 0 Å². The van der Waals surface area contributed by atoms with Crippen LogP contribution in [0, 0.1) is 5.92 Å². The maximum atomic E-state index is 12.2. The number of esters is 1. The molecule has 134 valence electrons. The van der Waals surface area contributed by atoms with Crippen molar-refractivity contribution in [3.63, 3.8) is 0 Å². The largest absolute Gasteiger partial charge is 0.459 e. The van der Waals surface area contributed by atoms with Gasteiger partial charge in [0.25, 0.3) is 0 Å². The van der Waals surface area contributed by atoms with E-state index in [4.69, 9.17) is 9.47 Å². The van der Waals surface area contributed by atoms with E-state index < -0.39 is 17.3 Å². The van der Waals surface area contributed by atoms with Gasteiger partial charge in [0.2, 0.25) is 0 Å². The third kappa shape index (κ3) is 8.79. The first-order valence-corrected chi connectivity index (χ1v) is 8.49. The van der Waals surface area contributed by atoms with Crippen molar-refractivity contribution in [2.45, 2.75) is 71.5 Å². The SMILES string of the molecule is CC(C)(C)OC(=O)NCCCC(C)(C)OC(=O)C1CCNCC1. The van der Waals surface area contributed by atoms with Crippen LogP contribution in [-0.4, -0.2) is 42.9 Å². The van der Waals surface area contributed by atoms with Gasteiger partial charge >= 0.3 is 12.1 Å². The van der Waals surface area contributed by atoms with Gasteiger partial charge in [0.15, 0.2) is 0 Å². The molecule has 2 N–H and O–H groups in total. The third-order valence-corrected chi connectivity index (χ3v) is 3.67. The molecular formula is C17H32N2O4. The molecular weight excluding hydrogens is 296 g/mol. The minimum absolute atomic E-state index is 0.00964. The topological polar surface area (TPSA) is 76.7 Å². The second-order valence-electron chi connectivity index (χ2n) is 7.74. The summed E-state index contributed by atoms with van der Waals surface area (Å²) >= 11 is 0. The highest BCUT2D eigenvalue weighted by molar-refractivity contribution is 5.73. The number of carbonyl (C=O) groups excluding carboxylic acids is 2. The molecule has 0 radical (unpaired) electrons. The van der Waals surface area contributed by atoms with Crippen LogP contribution in [0.4, 0.5) is 4.79 Å². The van der Waals surface area contributed by atoms with E-state index in [9.17, 15) is 9.59 Å². The van der Waals surface area contributed by atoms with Crippen molar-refractivity contribution >= 4 is 12.1 Å². The maximum absolute atomic E-state index is 12.2. The number of nitrogens with one attached hydrogen (secondary N) is 2. The normalized spacial score (nSPS) is 16.7. The average Bonchev–Trinajstić information content (AvgIpc) is 2.42. The zero-order valence-electron chi connectivity index (χ0n) is 15.2. The molecule has 0 bridgehead atoms. The molecule has 6 nitrogen and oxygen atoms in total. The first-order valence-electron chi connectivity index (χ1n) is 8.49. The van der Waals surface area contributed by atoms with Crippen LogP contribution in [-0.2, 0) is 14.3 Å². The summed E-state index contributed by atoms with van der Waals surface area (Å²) in [6, 6.07) is 0. The molecule has 1 rings (SSSR count). The Bertz CT molecular complexity index is 396. The molecule has 1 aliphatic heterocycles. The second-order valence-corrected chi connectivity index (χ2v) is 7.74. The van der Waals surface area contributed by atoms with E-state index in [0.29, 0.717) is 13.0 Å². The van der Waals surface area contributed by atoms with Crippen LogP contribution in [0.15, 0.2) is 0 Å². The van der Waals surface area contributed by atoms with Crippen molar-refractivity contribution in [2.75, 3.05) is 19.6 Å². The van der Waals surface area contributed by atoms with Crippen molar-refractivity contribution in [1.82, 2.24) is 10.6 Å². The number of amides is 1. The van der Waals surface area contributed by atoms with Crippen molar-refractivity contribution in [2.24, 2.45) is 5.92 Å². The monoisotopic (exact) mass is 328 g/mol. The molecule has 23 heavy (non-hydrogen) atoms. The summed E-state index contributed by atoms with van der Waals surface area (Å²) in [5.74, 6) is -0.0907. The number of rotatable bonds is 6. The standard InChI is InChI=1S/C17H32N2O4/c1-16(2,3)23-15(21)19-10-6-9-17(4,5)22-14(20)13-7-11-18-12-8-13/h13,18H,6-12H2,1-5H3,(H,19,21). The van der Waals surface area contributed by atoms with Crippen LogP contribution in [0.2, 0.25) is 0 Å². The quantitative estimate of drug-likeness (QED) is 0.579. The number of carbonyl (C=O) groups is 2. The fourth-order valence-electron chi connectivity index (χ4n) is 2.48. The van der Waals surface area contributed by atoms with Gasteiger partial charge in [0.05, 0.1) is 5.92 Å². The smallest absolute Gasteiger partial charge is 0.407 e. The van der Waals surface area contributed by atoms with Gasteiger partial charge in [-0.05, 0) is 73.4 Å². The lowest BCUT2D eigenvalue weighted by Gasteiger charge is -2.29. The van der Waals surface area contributed by atoms with Crippen LogP contribution in [0.1, 0.15) is 60.3 Å². The Kier molecular flexibility index (Phi) is 7.32. The zero-order chi connectivity index (χ0) is 17.5. The zero-order valence-corrected chi connectivity index (χ0v) is 15.2. The van der Waals surface area contributed by atoms with Crippen molar-refractivity contribution in [3.8, 4) is 0 Å². The van der Waals surface area contributed by atoms with Gasteiger partial charge < -0.3 is 20.1 Å². The molecule has 1 aliphatic rings. The molecule has 1 heterocycles. The summed E-state index contributed by atoms with van der Waals surface area (Å²) in [6.07, 6.45) is 2.69. The van der Waals surface area contributed by atoms with E-state index in [2.05, 4.69) is 10.6 Å². The lowest BCUT2D eigenvalue weighted by Crippen LogP contribution is -2.38. The highest BCUT2D eigenvalue weighted by atomic mass is 16.6. The van der Waals surface area contributed by atoms with Gasteiger partial charge in [0, 0.05) is 6.54 Å². The second kappa shape index (κ2) is 8.52. The van der Waals surface area contributed by atoms with Gasteiger partial charge in [-0.3, -0.25) is 4.79 Å². The predicted octanol–water partition coefficient (Wildman–Crippen LogP) is 2.61. The van der Waals surface area contributed by atoms with Gasteiger partial charge in [-0.25, -0.2) is 4.79 Å². The van der Waals surface area contributed by atoms with E-state index in [1.165, 1.54) is 0 Å². The molecule has 0 spiro atoms. The Balaban J connectivity index is 2.24. The highest BCUT2D eigenvalue weighted by Gasteiger charge is 2.28. The molecule has 0 saturated carbocycles. The van der Waals surface area contributed by atoms with Crippen molar-refractivity contribution in [1.29, 1.82) is 0 Å².